The van der Waals surface area contributed by atoms with Crippen LogP contribution in [-0.2, 0) is 14.8 Å². The molecule has 0 aliphatic heterocycles. The summed E-state index contributed by atoms with van der Waals surface area (Å²) in [5, 5.41) is 0.155. The highest BCUT2D eigenvalue weighted by molar-refractivity contribution is 7.89. The van der Waals surface area contributed by atoms with Gasteiger partial charge in [-0.1, -0.05) is 11.6 Å². The average Bonchev–Trinajstić information content (AvgIpc) is 2.28. The van der Waals surface area contributed by atoms with E-state index in [1.807, 2.05) is 13.8 Å². The van der Waals surface area contributed by atoms with Crippen LogP contribution in [0, 0.1) is 0 Å². The Hall–Kier alpha value is -0.690. The Labute approximate surface area is 113 Å². The van der Waals surface area contributed by atoms with Crippen molar-refractivity contribution in [2.45, 2.75) is 24.8 Å². The highest BCUT2D eigenvalue weighted by atomic mass is 35.5. The molecule has 1 heterocycles. The van der Waals surface area contributed by atoms with Crippen LogP contribution in [0.2, 0.25) is 5.15 Å². The molecule has 0 saturated heterocycles. The minimum Gasteiger partial charge on any atom is -0.377 e. The lowest BCUT2D eigenvalue weighted by Gasteiger charge is -2.18. The molecule has 5 nitrogen and oxygen atoms in total. The van der Waals surface area contributed by atoms with Crippen LogP contribution in [0.15, 0.2) is 23.2 Å². The third-order valence-electron chi connectivity index (χ3n) is 2.26. The molecule has 0 atom stereocenters. The molecule has 0 aliphatic rings. The SMILES string of the molecule is CC(C)OCCN(C)S(=O)(=O)c1ccnc(Cl)c1. The number of aromatic nitrogens is 1. The van der Waals surface area contributed by atoms with E-state index in [2.05, 4.69) is 4.98 Å². The summed E-state index contributed by atoms with van der Waals surface area (Å²) in [5.74, 6) is 0. The van der Waals surface area contributed by atoms with Gasteiger partial charge in [0.1, 0.15) is 5.15 Å². The van der Waals surface area contributed by atoms with Crippen molar-refractivity contribution in [3.05, 3.63) is 23.5 Å². The number of rotatable bonds is 6. The minimum atomic E-state index is -3.53. The highest BCUT2D eigenvalue weighted by Gasteiger charge is 2.20. The second-order valence-corrected chi connectivity index (χ2v) is 6.49. The van der Waals surface area contributed by atoms with Gasteiger partial charge in [0, 0.05) is 19.8 Å². The Morgan fingerprint density at radius 2 is 2.17 bits per heavy atom. The van der Waals surface area contributed by atoms with Crippen molar-refractivity contribution in [1.82, 2.24) is 9.29 Å². The van der Waals surface area contributed by atoms with E-state index in [0.717, 1.165) is 0 Å². The van der Waals surface area contributed by atoms with Crippen LogP contribution in [0.5, 0.6) is 0 Å². The maximum Gasteiger partial charge on any atom is 0.243 e. The Balaban J connectivity index is 2.74. The van der Waals surface area contributed by atoms with Crippen LogP contribution >= 0.6 is 11.6 Å². The summed E-state index contributed by atoms with van der Waals surface area (Å²) in [6.07, 6.45) is 1.45. The zero-order valence-corrected chi connectivity index (χ0v) is 12.2. The van der Waals surface area contributed by atoms with Gasteiger partial charge in [0.05, 0.1) is 17.6 Å². The molecule has 0 aromatic carbocycles. The van der Waals surface area contributed by atoms with Gasteiger partial charge in [0.2, 0.25) is 10.0 Å². The van der Waals surface area contributed by atoms with Gasteiger partial charge < -0.3 is 4.74 Å². The number of halogens is 1. The zero-order valence-electron chi connectivity index (χ0n) is 10.6. The predicted molar refractivity (Wildman–Crippen MR) is 70.2 cm³/mol. The fourth-order valence-electron chi connectivity index (χ4n) is 1.26. The maximum atomic E-state index is 12.1. The van der Waals surface area contributed by atoms with E-state index in [9.17, 15) is 8.42 Å². The molecule has 0 N–H and O–H groups in total. The molecule has 1 aromatic rings. The molecule has 0 radical (unpaired) electrons. The van der Waals surface area contributed by atoms with Gasteiger partial charge in [-0.15, -0.1) is 0 Å². The summed E-state index contributed by atoms with van der Waals surface area (Å²) in [6.45, 7) is 4.45. The van der Waals surface area contributed by atoms with E-state index in [-0.39, 0.29) is 16.2 Å². The van der Waals surface area contributed by atoms with Crippen LogP contribution in [0.3, 0.4) is 0 Å². The van der Waals surface area contributed by atoms with Crippen molar-refractivity contribution in [2.75, 3.05) is 20.2 Å². The van der Waals surface area contributed by atoms with Crippen molar-refractivity contribution >= 4 is 21.6 Å². The number of nitrogens with zero attached hydrogens (tertiary/aromatic N) is 2. The van der Waals surface area contributed by atoms with Crippen molar-refractivity contribution < 1.29 is 13.2 Å². The van der Waals surface area contributed by atoms with E-state index in [4.69, 9.17) is 16.3 Å². The number of hydrogen-bond acceptors (Lipinski definition) is 4. The Kier molecular flexibility index (Phi) is 5.52. The summed E-state index contributed by atoms with van der Waals surface area (Å²) >= 11 is 5.68. The van der Waals surface area contributed by atoms with Crippen LogP contribution in [-0.4, -0.2) is 44.0 Å². The molecule has 1 rings (SSSR count). The Morgan fingerprint density at radius 3 is 2.72 bits per heavy atom. The van der Waals surface area contributed by atoms with Crippen LogP contribution in [0.1, 0.15) is 13.8 Å². The Morgan fingerprint density at radius 1 is 1.50 bits per heavy atom. The summed E-state index contributed by atoms with van der Waals surface area (Å²) in [4.78, 5) is 3.89. The lowest BCUT2D eigenvalue weighted by Crippen LogP contribution is -2.30. The first-order chi connectivity index (χ1) is 8.34. The third kappa shape index (κ3) is 4.20. The second-order valence-electron chi connectivity index (χ2n) is 4.06. The van der Waals surface area contributed by atoms with Crippen molar-refractivity contribution in [1.29, 1.82) is 0 Å². The number of ether oxygens (including phenoxy) is 1. The van der Waals surface area contributed by atoms with Gasteiger partial charge in [-0.25, -0.2) is 13.4 Å². The zero-order chi connectivity index (χ0) is 13.8. The van der Waals surface area contributed by atoms with Gasteiger partial charge in [0.25, 0.3) is 0 Å². The molecule has 7 heteroatoms. The number of hydrogen-bond donors (Lipinski definition) is 0. The van der Waals surface area contributed by atoms with Gasteiger partial charge in [-0.3, -0.25) is 0 Å². The molecule has 0 fully saturated rings. The van der Waals surface area contributed by atoms with Crippen LogP contribution < -0.4 is 0 Å². The van der Waals surface area contributed by atoms with Gasteiger partial charge >= 0.3 is 0 Å². The van der Waals surface area contributed by atoms with E-state index < -0.39 is 10.0 Å². The van der Waals surface area contributed by atoms with Gasteiger partial charge in [-0.2, -0.15) is 4.31 Å². The number of likely N-dealkylation sites (N-methyl/N-ethyl adjacent to an activating group) is 1. The first kappa shape index (κ1) is 15.4. The summed E-state index contributed by atoms with van der Waals surface area (Å²) < 4.78 is 30.8. The molecule has 0 aliphatic carbocycles. The third-order valence-corrected chi connectivity index (χ3v) is 4.32. The molecule has 18 heavy (non-hydrogen) atoms. The number of sulfonamides is 1. The standard InChI is InChI=1S/C11H17ClN2O3S/c1-9(2)17-7-6-14(3)18(15,16)10-4-5-13-11(12)8-10/h4-5,8-9H,6-7H2,1-3H3. The summed E-state index contributed by atoms with van der Waals surface area (Å²) in [6, 6.07) is 2.75. The van der Waals surface area contributed by atoms with Crippen LogP contribution in [0.4, 0.5) is 0 Å². The van der Waals surface area contributed by atoms with Gasteiger partial charge in [0.15, 0.2) is 0 Å². The summed E-state index contributed by atoms with van der Waals surface area (Å²) in [7, 11) is -2.02. The topological polar surface area (TPSA) is 59.5 Å². The van der Waals surface area contributed by atoms with E-state index in [1.165, 1.54) is 29.7 Å². The molecule has 102 valence electrons. The molecule has 0 spiro atoms. The highest BCUT2D eigenvalue weighted by Crippen LogP contribution is 2.16. The monoisotopic (exact) mass is 292 g/mol. The molecule has 1 aromatic heterocycles. The van der Waals surface area contributed by atoms with E-state index in [1.54, 1.807) is 0 Å². The molecular weight excluding hydrogens is 276 g/mol. The van der Waals surface area contributed by atoms with Crippen molar-refractivity contribution in [2.24, 2.45) is 0 Å². The fraction of sp³-hybridized carbons (Fsp3) is 0.545. The molecule has 0 bridgehead atoms. The first-order valence-electron chi connectivity index (χ1n) is 5.53. The maximum absolute atomic E-state index is 12.1. The smallest absolute Gasteiger partial charge is 0.243 e. The molecule has 0 unspecified atom stereocenters. The fourth-order valence-corrected chi connectivity index (χ4v) is 2.67. The quantitative estimate of drug-likeness (QED) is 0.750. The van der Waals surface area contributed by atoms with Crippen molar-refractivity contribution in [3.8, 4) is 0 Å². The van der Waals surface area contributed by atoms with E-state index in [0.29, 0.717) is 13.2 Å². The van der Waals surface area contributed by atoms with Gasteiger partial charge in [-0.05, 0) is 26.0 Å². The van der Waals surface area contributed by atoms with E-state index >= 15 is 0 Å². The lowest BCUT2D eigenvalue weighted by molar-refractivity contribution is 0.0737. The predicted octanol–water partition coefficient (Wildman–Crippen LogP) is 1.78. The average molecular weight is 293 g/mol. The largest absolute Gasteiger partial charge is 0.377 e. The normalized spacial score (nSPS) is 12.3. The van der Waals surface area contributed by atoms with Crippen molar-refractivity contribution in [3.63, 3.8) is 0 Å². The second kappa shape index (κ2) is 6.47. The Bertz CT molecular complexity index is 491. The summed E-state index contributed by atoms with van der Waals surface area (Å²) in [5.41, 5.74) is 0. The minimum absolute atomic E-state index is 0.0801. The van der Waals surface area contributed by atoms with Crippen LogP contribution in [0.25, 0.3) is 0 Å². The molecule has 0 amide bonds. The molecule has 0 saturated carbocycles. The lowest BCUT2D eigenvalue weighted by atomic mass is 10.5. The number of pyridine rings is 1. The molecular formula is C11H17ClN2O3S. The first-order valence-corrected chi connectivity index (χ1v) is 7.35.